The van der Waals surface area contributed by atoms with Crippen LogP contribution in [0.1, 0.15) is 31.2 Å². The first-order valence-electron chi connectivity index (χ1n) is 6.77. The van der Waals surface area contributed by atoms with Crippen LogP contribution in [-0.4, -0.2) is 44.2 Å². The van der Waals surface area contributed by atoms with Gasteiger partial charge in [0, 0.05) is 18.7 Å². The molecule has 20 heavy (non-hydrogen) atoms. The first-order chi connectivity index (χ1) is 9.61. The zero-order valence-corrected chi connectivity index (χ0v) is 13.7. The van der Waals surface area contributed by atoms with E-state index in [0.717, 1.165) is 19.3 Å². The molecule has 1 aromatic rings. The Hall–Kier alpha value is -0.570. The SMILES string of the molecule is CNCc1cn[nH]c1S(=O)(=O)NCCCCCCSC. The summed E-state index contributed by atoms with van der Waals surface area (Å²) in [6.07, 6.45) is 7.89. The van der Waals surface area contributed by atoms with E-state index in [1.165, 1.54) is 18.4 Å². The third kappa shape index (κ3) is 5.82. The summed E-state index contributed by atoms with van der Waals surface area (Å²) in [5.41, 5.74) is 0.653. The van der Waals surface area contributed by atoms with E-state index >= 15 is 0 Å². The molecule has 0 aliphatic carbocycles. The maximum atomic E-state index is 12.1. The van der Waals surface area contributed by atoms with Crippen molar-refractivity contribution < 1.29 is 8.42 Å². The predicted octanol–water partition coefficient (Wildman–Crippen LogP) is 1.33. The highest BCUT2D eigenvalue weighted by atomic mass is 32.2. The van der Waals surface area contributed by atoms with Crippen molar-refractivity contribution in [2.45, 2.75) is 37.3 Å². The summed E-state index contributed by atoms with van der Waals surface area (Å²) >= 11 is 1.85. The van der Waals surface area contributed by atoms with Gasteiger partial charge in [-0.05, 0) is 31.9 Å². The van der Waals surface area contributed by atoms with Crippen molar-refractivity contribution in [3.63, 3.8) is 0 Å². The van der Waals surface area contributed by atoms with E-state index in [1.54, 1.807) is 7.05 Å². The van der Waals surface area contributed by atoms with E-state index in [0.29, 0.717) is 18.7 Å². The average molecular weight is 320 g/mol. The monoisotopic (exact) mass is 320 g/mol. The molecule has 0 aromatic carbocycles. The summed E-state index contributed by atoms with van der Waals surface area (Å²) in [4.78, 5) is 0. The molecular weight excluding hydrogens is 296 g/mol. The summed E-state index contributed by atoms with van der Waals surface area (Å²) in [6, 6.07) is 0. The normalized spacial score (nSPS) is 11.9. The maximum Gasteiger partial charge on any atom is 0.257 e. The van der Waals surface area contributed by atoms with Crippen LogP contribution in [0.3, 0.4) is 0 Å². The Morgan fingerprint density at radius 2 is 2.05 bits per heavy atom. The summed E-state index contributed by atoms with van der Waals surface area (Å²) in [6.45, 7) is 0.945. The number of sulfonamides is 1. The van der Waals surface area contributed by atoms with Crippen molar-refractivity contribution in [2.75, 3.05) is 25.6 Å². The van der Waals surface area contributed by atoms with Crippen LogP contribution in [0.4, 0.5) is 0 Å². The molecule has 0 atom stereocenters. The molecule has 0 aliphatic heterocycles. The van der Waals surface area contributed by atoms with Crippen LogP contribution in [0.5, 0.6) is 0 Å². The molecule has 0 unspecified atom stereocenters. The molecule has 0 fully saturated rings. The molecule has 1 heterocycles. The van der Waals surface area contributed by atoms with Gasteiger partial charge in [-0.15, -0.1) is 0 Å². The van der Waals surface area contributed by atoms with Gasteiger partial charge in [0.05, 0.1) is 6.20 Å². The molecule has 0 saturated carbocycles. The number of rotatable bonds is 11. The molecule has 1 aromatic heterocycles. The van der Waals surface area contributed by atoms with Crippen LogP contribution in [0.2, 0.25) is 0 Å². The first-order valence-corrected chi connectivity index (χ1v) is 9.65. The molecule has 0 saturated heterocycles. The number of H-pyrrole nitrogens is 1. The Morgan fingerprint density at radius 3 is 2.75 bits per heavy atom. The Balaban J connectivity index is 2.36. The third-order valence-corrected chi connectivity index (χ3v) is 5.05. The average Bonchev–Trinajstić information content (AvgIpc) is 2.87. The van der Waals surface area contributed by atoms with Crippen molar-refractivity contribution in [2.24, 2.45) is 0 Å². The molecule has 1 rings (SSSR count). The molecule has 0 aliphatic rings. The highest BCUT2D eigenvalue weighted by Crippen LogP contribution is 2.11. The van der Waals surface area contributed by atoms with E-state index < -0.39 is 10.0 Å². The van der Waals surface area contributed by atoms with Crippen LogP contribution >= 0.6 is 11.8 Å². The fourth-order valence-electron chi connectivity index (χ4n) is 1.85. The van der Waals surface area contributed by atoms with Gasteiger partial charge in [-0.3, -0.25) is 5.10 Å². The number of nitrogens with one attached hydrogen (secondary N) is 3. The lowest BCUT2D eigenvalue weighted by atomic mass is 10.2. The Kier molecular flexibility index (Phi) is 8.20. The van der Waals surface area contributed by atoms with Crippen molar-refractivity contribution >= 4 is 21.8 Å². The summed E-state index contributed by atoms with van der Waals surface area (Å²) < 4.78 is 26.8. The Morgan fingerprint density at radius 1 is 1.30 bits per heavy atom. The molecule has 116 valence electrons. The minimum atomic E-state index is -3.48. The lowest BCUT2D eigenvalue weighted by Gasteiger charge is -2.07. The molecule has 3 N–H and O–H groups in total. The van der Waals surface area contributed by atoms with Crippen LogP contribution in [0, 0.1) is 0 Å². The summed E-state index contributed by atoms with van der Waals surface area (Å²) in [7, 11) is -1.71. The van der Waals surface area contributed by atoms with Crippen molar-refractivity contribution in [3.8, 4) is 0 Å². The molecule has 0 amide bonds. The van der Waals surface area contributed by atoms with Gasteiger partial charge in [0.25, 0.3) is 10.0 Å². The number of aromatic nitrogens is 2. The highest BCUT2D eigenvalue weighted by molar-refractivity contribution is 7.98. The number of unbranched alkanes of at least 4 members (excludes halogenated alkanes) is 3. The zero-order valence-electron chi connectivity index (χ0n) is 12.1. The Bertz CT molecular complexity index is 474. The summed E-state index contributed by atoms with van der Waals surface area (Å²) in [5, 5.41) is 9.44. The van der Waals surface area contributed by atoms with Gasteiger partial charge < -0.3 is 5.32 Å². The topological polar surface area (TPSA) is 86.9 Å². The quantitative estimate of drug-likeness (QED) is 0.536. The molecule has 0 spiro atoms. The van der Waals surface area contributed by atoms with Gasteiger partial charge >= 0.3 is 0 Å². The van der Waals surface area contributed by atoms with Crippen molar-refractivity contribution in [1.82, 2.24) is 20.2 Å². The second kappa shape index (κ2) is 9.38. The molecule has 0 radical (unpaired) electrons. The van der Waals surface area contributed by atoms with Crippen LogP contribution < -0.4 is 10.0 Å². The zero-order chi connectivity index (χ0) is 14.8. The second-order valence-electron chi connectivity index (χ2n) is 4.56. The van der Waals surface area contributed by atoms with Gasteiger partial charge in [0.1, 0.15) is 0 Å². The molecule has 0 bridgehead atoms. The van der Waals surface area contributed by atoms with E-state index in [9.17, 15) is 8.42 Å². The lowest BCUT2D eigenvalue weighted by Crippen LogP contribution is -2.26. The third-order valence-electron chi connectivity index (χ3n) is 2.88. The van der Waals surface area contributed by atoms with E-state index in [2.05, 4.69) is 26.5 Å². The lowest BCUT2D eigenvalue weighted by molar-refractivity contribution is 0.568. The molecular formula is C12H24N4O2S2. The van der Waals surface area contributed by atoms with Gasteiger partial charge in [-0.1, -0.05) is 12.8 Å². The largest absolute Gasteiger partial charge is 0.316 e. The fraction of sp³-hybridized carbons (Fsp3) is 0.750. The highest BCUT2D eigenvalue weighted by Gasteiger charge is 2.19. The van der Waals surface area contributed by atoms with E-state index in [1.807, 2.05) is 11.8 Å². The number of nitrogens with zero attached hydrogens (tertiary/aromatic N) is 1. The fourth-order valence-corrected chi connectivity index (χ4v) is 3.55. The van der Waals surface area contributed by atoms with E-state index in [4.69, 9.17) is 0 Å². The van der Waals surface area contributed by atoms with Crippen molar-refractivity contribution in [1.29, 1.82) is 0 Å². The van der Waals surface area contributed by atoms with Gasteiger partial charge in [0.15, 0.2) is 5.03 Å². The predicted molar refractivity (Wildman–Crippen MR) is 83.4 cm³/mol. The van der Waals surface area contributed by atoms with Gasteiger partial charge in [-0.25, -0.2) is 13.1 Å². The van der Waals surface area contributed by atoms with E-state index in [-0.39, 0.29) is 5.03 Å². The van der Waals surface area contributed by atoms with Gasteiger partial charge in [0.2, 0.25) is 0 Å². The smallest absolute Gasteiger partial charge is 0.257 e. The number of hydrogen-bond donors (Lipinski definition) is 3. The molecule has 8 heteroatoms. The Labute approximate surface area is 125 Å². The minimum absolute atomic E-state index is 0.161. The van der Waals surface area contributed by atoms with Crippen LogP contribution in [0.15, 0.2) is 11.2 Å². The number of thioether (sulfide) groups is 1. The maximum absolute atomic E-state index is 12.1. The summed E-state index contributed by atoms with van der Waals surface area (Å²) in [5.74, 6) is 1.17. The number of aromatic amines is 1. The van der Waals surface area contributed by atoms with Crippen LogP contribution in [0.25, 0.3) is 0 Å². The number of hydrogen-bond acceptors (Lipinski definition) is 5. The second-order valence-corrected chi connectivity index (χ2v) is 7.25. The minimum Gasteiger partial charge on any atom is -0.316 e. The van der Waals surface area contributed by atoms with Crippen LogP contribution in [-0.2, 0) is 16.6 Å². The standard InChI is InChI=1S/C12H24N4O2S2/c1-13-9-11-10-14-16-12(11)20(17,18)15-7-5-3-4-6-8-19-2/h10,13,15H,3-9H2,1-2H3,(H,14,16). The van der Waals surface area contributed by atoms with Crippen molar-refractivity contribution in [3.05, 3.63) is 11.8 Å². The first kappa shape index (κ1) is 17.5. The molecule has 6 nitrogen and oxygen atoms in total. The van der Waals surface area contributed by atoms with Gasteiger partial charge in [-0.2, -0.15) is 16.9 Å².